The number of nitrogens with two attached hydrogens (primary N) is 1. The summed E-state index contributed by atoms with van der Waals surface area (Å²) in [6.45, 7) is 18.4. The quantitative estimate of drug-likeness (QED) is 0.0596. The molecular weight excluding hydrogens is 954 g/mol. The Kier molecular flexibility index (Phi) is 31.9. The number of piperazine rings is 1. The van der Waals surface area contributed by atoms with Crippen LogP contribution in [0.4, 0.5) is 22.5 Å². The minimum Gasteiger partial charge on any atom is -0.378 e. The van der Waals surface area contributed by atoms with Crippen molar-refractivity contribution in [2.24, 2.45) is 5.73 Å². The summed E-state index contributed by atoms with van der Waals surface area (Å²) in [6.07, 6.45) is 1.52. The maximum atomic E-state index is 12.9. The number of rotatable bonds is 42. The number of halogens is 1. The van der Waals surface area contributed by atoms with E-state index in [2.05, 4.69) is 40.7 Å². The molecule has 1 saturated heterocycles. The first-order valence-corrected chi connectivity index (χ1v) is 25.0. The third kappa shape index (κ3) is 26.6. The number of thiazole rings is 1. The van der Waals surface area contributed by atoms with Crippen LogP contribution in [0, 0.1) is 13.8 Å². The van der Waals surface area contributed by atoms with Crippen LogP contribution >= 0.6 is 22.9 Å². The first-order valence-electron chi connectivity index (χ1n) is 23.8. The van der Waals surface area contributed by atoms with E-state index in [9.17, 15) is 9.59 Å². The SMILES string of the molecule is Cc1nc(Nc2ncc(C(=O)Nc3c(C)cccc3Cl)s2)cc(N2CCN(CC(=O)NCCOCCOCCOCCOCCOCCOCCOCCOCCOCCOCCOCCN)CC2)n1. The standard InChI is InChI=1S/C46H74ClN9O13S/c1-37-4-3-5-39(47)44(37)54-45(58)40-35-50-46(70-40)53-41-34-42(52-38(2)51-41)56-10-8-55(9-11-56)36-43(57)49-7-13-60-15-17-62-19-21-64-23-25-66-27-29-68-31-33-69-32-30-67-28-26-65-24-22-63-20-18-61-16-14-59-12-6-48/h3-5,34-35H,6-33,36,48H2,1-2H3,(H,49,57)(H,54,58)(H,50,51,52,53). The second-order valence-corrected chi connectivity index (χ2v) is 16.8. The van der Waals surface area contributed by atoms with Gasteiger partial charge in [-0.05, 0) is 25.5 Å². The van der Waals surface area contributed by atoms with Crippen LogP contribution in [-0.4, -0.2) is 223 Å². The van der Waals surface area contributed by atoms with Gasteiger partial charge in [0, 0.05) is 45.3 Å². The first-order chi connectivity index (χ1) is 34.3. The summed E-state index contributed by atoms with van der Waals surface area (Å²) >= 11 is 7.50. The van der Waals surface area contributed by atoms with Gasteiger partial charge in [0.25, 0.3) is 5.91 Å². The van der Waals surface area contributed by atoms with Gasteiger partial charge in [0.05, 0.1) is 169 Å². The van der Waals surface area contributed by atoms with Gasteiger partial charge in [-0.1, -0.05) is 35.1 Å². The number of anilines is 4. The van der Waals surface area contributed by atoms with E-state index < -0.39 is 0 Å². The van der Waals surface area contributed by atoms with Gasteiger partial charge in [-0.15, -0.1) is 0 Å². The second kappa shape index (κ2) is 37.9. The lowest BCUT2D eigenvalue weighted by Crippen LogP contribution is -2.50. The van der Waals surface area contributed by atoms with Crippen molar-refractivity contribution >= 4 is 57.2 Å². The molecule has 0 radical (unpaired) electrons. The number of nitrogens with zero attached hydrogens (tertiary/aromatic N) is 5. The molecule has 24 heteroatoms. The summed E-state index contributed by atoms with van der Waals surface area (Å²) in [5, 5.41) is 10.0. The fourth-order valence-electron chi connectivity index (χ4n) is 6.33. The molecule has 1 aromatic carbocycles. The van der Waals surface area contributed by atoms with Crippen molar-refractivity contribution in [3.8, 4) is 0 Å². The van der Waals surface area contributed by atoms with Crippen LogP contribution in [-0.2, 0) is 56.9 Å². The van der Waals surface area contributed by atoms with Crippen molar-refractivity contribution in [3.05, 3.63) is 51.7 Å². The van der Waals surface area contributed by atoms with Crippen LogP contribution in [0.25, 0.3) is 0 Å². The number of aryl methyl sites for hydroxylation is 2. The van der Waals surface area contributed by atoms with Crippen molar-refractivity contribution in [2.45, 2.75) is 13.8 Å². The average molecular weight is 1030 g/mol. The molecule has 1 fully saturated rings. The van der Waals surface area contributed by atoms with Gasteiger partial charge in [0.15, 0.2) is 5.13 Å². The van der Waals surface area contributed by atoms with E-state index in [0.29, 0.717) is 224 Å². The molecule has 2 aromatic heterocycles. The molecule has 1 aliphatic rings. The van der Waals surface area contributed by atoms with Gasteiger partial charge in [-0.3, -0.25) is 14.5 Å². The van der Waals surface area contributed by atoms with Crippen LogP contribution < -0.4 is 26.6 Å². The predicted molar refractivity (Wildman–Crippen MR) is 266 cm³/mol. The van der Waals surface area contributed by atoms with Crippen molar-refractivity contribution in [1.82, 2.24) is 25.2 Å². The molecule has 0 atom stereocenters. The van der Waals surface area contributed by atoms with Crippen molar-refractivity contribution < 1.29 is 61.7 Å². The lowest BCUT2D eigenvalue weighted by atomic mass is 10.2. The number of para-hydroxylation sites is 1. The molecule has 0 aliphatic carbocycles. The van der Waals surface area contributed by atoms with Crippen LogP contribution in [0.1, 0.15) is 21.1 Å². The second-order valence-electron chi connectivity index (χ2n) is 15.3. The Hall–Kier alpha value is -3.76. The topological polar surface area (TPSA) is 243 Å². The maximum absolute atomic E-state index is 12.9. The zero-order chi connectivity index (χ0) is 49.7. The number of hydrogen-bond donors (Lipinski definition) is 4. The number of carbonyl (C=O) groups is 2. The van der Waals surface area contributed by atoms with E-state index in [1.165, 1.54) is 17.5 Å². The highest BCUT2D eigenvalue weighted by atomic mass is 35.5. The summed E-state index contributed by atoms with van der Waals surface area (Å²) in [4.78, 5) is 43.8. The molecule has 0 saturated carbocycles. The molecule has 1 aliphatic heterocycles. The largest absolute Gasteiger partial charge is 0.378 e. The minimum absolute atomic E-state index is 0.0507. The van der Waals surface area contributed by atoms with Crippen LogP contribution in [0.2, 0.25) is 5.02 Å². The van der Waals surface area contributed by atoms with E-state index in [1.54, 1.807) is 6.07 Å². The molecule has 5 N–H and O–H groups in total. The van der Waals surface area contributed by atoms with Gasteiger partial charge < -0.3 is 78.7 Å². The van der Waals surface area contributed by atoms with Crippen molar-refractivity contribution in [1.29, 1.82) is 0 Å². The zero-order valence-electron chi connectivity index (χ0n) is 40.8. The minimum atomic E-state index is -0.296. The molecule has 3 heterocycles. The molecule has 2 amide bonds. The molecule has 394 valence electrons. The Bertz CT molecular complexity index is 1830. The fourth-order valence-corrected chi connectivity index (χ4v) is 7.32. The number of ether oxygens (including phenoxy) is 11. The Morgan fingerprint density at radius 1 is 0.657 bits per heavy atom. The highest BCUT2D eigenvalue weighted by Gasteiger charge is 2.21. The van der Waals surface area contributed by atoms with Crippen LogP contribution in [0.5, 0.6) is 0 Å². The van der Waals surface area contributed by atoms with Crippen molar-refractivity contribution in [2.75, 3.05) is 207 Å². The highest BCUT2D eigenvalue weighted by molar-refractivity contribution is 7.17. The molecule has 0 bridgehead atoms. The van der Waals surface area contributed by atoms with E-state index in [0.717, 1.165) is 11.4 Å². The highest BCUT2D eigenvalue weighted by Crippen LogP contribution is 2.28. The number of nitrogens with one attached hydrogen (secondary N) is 3. The average Bonchev–Trinajstić information content (AvgIpc) is 3.82. The molecule has 0 unspecified atom stereocenters. The van der Waals surface area contributed by atoms with Crippen LogP contribution in [0.3, 0.4) is 0 Å². The lowest BCUT2D eigenvalue weighted by Gasteiger charge is -2.35. The Balaban J connectivity index is 0.867. The van der Waals surface area contributed by atoms with E-state index in [-0.39, 0.29) is 11.8 Å². The van der Waals surface area contributed by atoms with Gasteiger partial charge in [-0.2, -0.15) is 0 Å². The van der Waals surface area contributed by atoms with Gasteiger partial charge in [-0.25, -0.2) is 15.0 Å². The summed E-state index contributed by atoms with van der Waals surface area (Å²) < 4.78 is 60.2. The third-order valence-electron chi connectivity index (χ3n) is 9.86. The summed E-state index contributed by atoms with van der Waals surface area (Å²) in [5.74, 6) is 1.60. The number of amides is 2. The van der Waals surface area contributed by atoms with Crippen molar-refractivity contribution in [3.63, 3.8) is 0 Å². The zero-order valence-corrected chi connectivity index (χ0v) is 42.4. The number of aromatic nitrogens is 3. The lowest BCUT2D eigenvalue weighted by molar-refractivity contribution is -0.122. The molecule has 70 heavy (non-hydrogen) atoms. The smallest absolute Gasteiger partial charge is 0.267 e. The van der Waals surface area contributed by atoms with Gasteiger partial charge in [0.1, 0.15) is 22.3 Å². The van der Waals surface area contributed by atoms with E-state index in [1.807, 2.05) is 32.0 Å². The van der Waals surface area contributed by atoms with Crippen LogP contribution in [0.15, 0.2) is 30.5 Å². The summed E-state index contributed by atoms with van der Waals surface area (Å²) in [5.41, 5.74) is 6.79. The molecule has 4 rings (SSSR count). The normalized spacial score (nSPS) is 13.0. The maximum Gasteiger partial charge on any atom is 0.267 e. The Morgan fingerprint density at radius 3 is 1.60 bits per heavy atom. The molecule has 22 nitrogen and oxygen atoms in total. The molecular formula is C46H74ClN9O13S. The van der Waals surface area contributed by atoms with Gasteiger partial charge >= 0.3 is 0 Å². The van der Waals surface area contributed by atoms with Gasteiger partial charge in [0.2, 0.25) is 5.91 Å². The number of carbonyl (C=O) groups excluding carboxylic acids is 2. The Labute approximate surface area is 420 Å². The first kappa shape index (κ1) is 58.8. The monoisotopic (exact) mass is 1030 g/mol. The number of benzene rings is 1. The van der Waals surface area contributed by atoms with E-state index in [4.69, 9.17) is 69.4 Å². The fraction of sp³-hybridized carbons (Fsp3) is 0.674. The third-order valence-corrected chi connectivity index (χ3v) is 11.1. The molecule has 0 spiro atoms. The predicted octanol–water partition coefficient (Wildman–Crippen LogP) is 2.58. The van der Waals surface area contributed by atoms with E-state index >= 15 is 0 Å². The number of hydrogen-bond acceptors (Lipinski definition) is 21. The summed E-state index contributed by atoms with van der Waals surface area (Å²) in [6, 6.07) is 7.31. The Morgan fingerprint density at radius 2 is 1.13 bits per heavy atom. The summed E-state index contributed by atoms with van der Waals surface area (Å²) in [7, 11) is 0. The molecule has 3 aromatic rings.